The van der Waals surface area contributed by atoms with Gasteiger partial charge in [-0.2, -0.15) is 0 Å². The number of nitrogens with zero attached hydrogens (tertiary/aromatic N) is 2. The smallest absolute Gasteiger partial charge is 0.252 e. The van der Waals surface area contributed by atoms with Crippen LogP contribution in [-0.4, -0.2) is 42.0 Å². The van der Waals surface area contributed by atoms with E-state index >= 15 is 4.79 Å². The van der Waals surface area contributed by atoms with Crippen LogP contribution in [0.2, 0.25) is 0 Å². The number of benzene rings is 4. The first-order valence-corrected chi connectivity index (χ1v) is 18.7. The van der Waals surface area contributed by atoms with Gasteiger partial charge in [0.1, 0.15) is 5.75 Å². The molecule has 3 saturated heterocycles. The number of piperidine rings is 3. The Labute approximate surface area is 292 Å². The first kappa shape index (κ1) is 33.2. The highest BCUT2D eigenvalue weighted by Crippen LogP contribution is 2.43. The minimum atomic E-state index is -1.03. The number of hydrogen-bond donors (Lipinski definition) is 1. The zero-order chi connectivity index (χ0) is 34.2. The number of hydrogen-bond acceptors (Lipinski definition) is 4. The lowest BCUT2D eigenvalue weighted by Gasteiger charge is -2.51. The van der Waals surface area contributed by atoms with E-state index in [0.717, 1.165) is 59.0 Å². The molecule has 6 heteroatoms. The summed E-state index contributed by atoms with van der Waals surface area (Å²) < 4.78 is 5.66. The Balaban J connectivity index is 1.37. The molecule has 5 nitrogen and oxygen atoms in total. The Morgan fingerprint density at radius 2 is 1.61 bits per heavy atom. The van der Waals surface area contributed by atoms with Crippen LogP contribution in [0.15, 0.2) is 104 Å². The van der Waals surface area contributed by atoms with Crippen molar-refractivity contribution in [3.05, 3.63) is 137 Å². The van der Waals surface area contributed by atoms with E-state index in [-0.39, 0.29) is 18.0 Å². The van der Waals surface area contributed by atoms with Crippen molar-refractivity contribution in [2.45, 2.75) is 52.6 Å². The highest BCUT2D eigenvalue weighted by atomic mass is 31.1. The summed E-state index contributed by atoms with van der Waals surface area (Å²) in [6.07, 6.45) is 6.18. The van der Waals surface area contributed by atoms with E-state index in [0.29, 0.717) is 11.8 Å². The molecule has 4 heterocycles. The first-order valence-electron chi connectivity index (χ1n) is 17.4. The molecular weight excluding hydrogens is 621 g/mol. The number of carbonyl (C=O) groups excluding carboxylic acids is 1. The lowest BCUT2D eigenvalue weighted by Crippen LogP contribution is -2.57. The summed E-state index contributed by atoms with van der Waals surface area (Å²) in [4.78, 5) is 22.3. The summed E-state index contributed by atoms with van der Waals surface area (Å²) >= 11 is 0. The van der Waals surface area contributed by atoms with Crippen molar-refractivity contribution in [2.24, 2.45) is 11.8 Å². The second-order valence-electron chi connectivity index (χ2n) is 13.8. The second kappa shape index (κ2) is 13.9. The van der Waals surface area contributed by atoms with Crippen LogP contribution in [0.25, 0.3) is 10.9 Å². The zero-order valence-corrected chi connectivity index (χ0v) is 30.1. The van der Waals surface area contributed by atoms with Crippen LogP contribution in [0.4, 0.5) is 0 Å². The first-order chi connectivity index (χ1) is 23.8. The standard InChI is InChI=1S/C43H46N3O2P/c1-7-31-26-46-23-21-32(31)24-38(46)40(34-20-22-44-37-19-18-33(48-6)25-36(34)37)45-43(47)35-16-8-9-17-39(35)49(41-27(2)12-10-13-28(41)3)42-29(4)14-11-15-30(42)5/h7-20,22,25,31-32,38,40H,1,21,23-24,26H2,2-6H3,(H,45,47)/t31?,32?,38?,40-/m0/s1. The van der Waals surface area contributed by atoms with Crippen molar-refractivity contribution < 1.29 is 9.53 Å². The van der Waals surface area contributed by atoms with Crippen molar-refractivity contribution >= 4 is 40.6 Å². The number of rotatable bonds is 9. The third-order valence-electron chi connectivity index (χ3n) is 10.9. The molecular formula is C43H46N3O2P. The fraction of sp³-hybridized carbons (Fsp3) is 0.302. The lowest BCUT2D eigenvalue weighted by atomic mass is 9.73. The molecule has 1 N–H and O–H groups in total. The van der Waals surface area contributed by atoms with Gasteiger partial charge in [-0.15, -0.1) is 6.58 Å². The van der Waals surface area contributed by atoms with Gasteiger partial charge in [0.05, 0.1) is 18.7 Å². The van der Waals surface area contributed by atoms with Crippen molar-refractivity contribution in [1.29, 1.82) is 0 Å². The molecule has 1 aromatic heterocycles. The van der Waals surface area contributed by atoms with Crippen LogP contribution >= 0.6 is 7.92 Å². The number of amides is 1. The van der Waals surface area contributed by atoms with Crippen LogP contribution in [0.1, 0.15) is 57.1 Å². The predicted octanol–water partition coefficient (Wildman–Crippen LogP) is 7.60. The Morgan fingerprint density at radius 1 is 0.939 bits per heavy atom. The van der Waals surface area contributed by atoms with Gasteiger partial charge in [0.15, 0.2) is 0 Å². The fourth-order valence-electron chi connectivity index (χ4n) is 8.40. The third-order valence-corrected chi connectivity index (χ3v) is 14.0. The number of nitrogens with one attached hydrogen (secondary N) is 1. The Morgan fingerprint density at radius 3 is 2.22 bits per heavy atom. The molecule has 0 radical (unpaired) electrons. The van der Waals surface area contributed by atoms with Crippen LogP contribution in [0.3, 0.4) is 0 Å². The molecule has 49 heavy (non-hydrogen) atoms. The van der Waals surface area contributed by atoms with Crippen LogP contribution in [-0.2, 0) is 0 Å². The van der Waals surface area contributed by atoms with Gasteiger partial charge in [-0.05, 0) is 141 Å². The molecule has 4 aromatic carbocycles. The number of aromatic nitrogens is 1. The van der Waals surface area contributed by atoms with Gasteiger partial charge >= 0.3 is 0 Å². The summed E-state index contributed by atoms with van der Waals surface area (Å²) in [5.74, 6) is 1.78. The van der Waals surface area contributed by atoms with Gasteiger partial charge in [-0.25, -0.2) is 0 Å². The van der Waals surface area contributed by atoms with Crippen LogP contribution in [0, 0.1) is 39.5 Å². The summed E-state index contributed by atoms with van der Waals surface area (Å²) in [6, 6.07) is 29.4. The topological polar surface area (TPSA) is 54.5 Å². The van der Waals surface area contributed by atoms with E-state index in [1.54, 1.807) is 7.11 Å². The number of aryl methyl sites for hydroxylation is 4. The minimum Gasteiger partial charge on any atom is -0.497 e. The summed E-state index contributed by atoms with van der Waals surface area (Å²) in [5, 5.41) is 8.40. The molecule has 5 aromatic rings. The maximum atomic E-state index is 15.0. The number of fused-ring (bicyclic) bond motifs is 4. The number of carbonyl (C=O) groups is 1. The van der Waals surface area contributed by atoms with Gasteiger partial charge in [0.25, 0.3) is 5.91 Å². The number of pyridine rings is 1. The van der Waals surface area contributed by atoms with Gasteiger partial charge < -0.3 is 10.1 Å². The maximum Gasteiger partial charge on any atom is 0.252 e. The van der Waals surface area contributed by atoms with E-state index in [1.165, 1.54) is 32.9 Å². The Bertz CT molecular complexity index is 1950. The third kappa shape index (κ3) is 6.20. The SMILES string of the molecule is C=CC1CN2CCC1CC2[C@@H](NC(=O)c1ccccc1P(c1c(C)cccc1C)c1c(C)cccc1C)c1ccnc2ccc(OC)cc12. The molecule has 0 saturated carbocycles. The average molecular weight is 668 g/mol. The number of methoxy groups -OCH3 is 1. The quantitative estimate of drug-likeness (QED) is 0.130. The molecule has 8 rings (SSSR count). The summed E-state index contributed by atoms with van der Waals surface area (Å²) in [6.45, 7) is 15.0. The highest BCUT2D eigenvalue weighted by Gasteiger charge is 2.43. The van der Waals surface area contributed by atoms with Crippen LogP contribution in [0.5, 0.6) is 5.75 Å². The summed E-state index contributed by atoms with van der Waals surface area (Å²) in [7, 11) is 0.660. The Hall–Kier alpha value is -4.31. The second-order valence-corrected chi connectivity index (χ2v) is 15.9. The molecule has 0 aliphatic carbocycles. The molecule has 0 spiro atoms. The van der Waals surface area contributed by atoms with E-state index in [9.17, 15) is 0 Å². The van der Waals surface area contributed by atoms with Gasteiger partial charge in [-0.3, -0.25) is 14.7 Å². The minimum absolute atomic E-state index is 0.0404. The van der Waals surface area contributed by atoms with E-state index in [4.69, 9.17) is 9.72 Å². The molecule has 3 fully saturated rings. The average Bonchev–Trinajstić information content (AvgIpc) is 3.12. The molecule has 3 aliphatic rings. The molecule has 1 amide bonds. The number of ether oxygens (including phenoxy) is 1. The molecule has 3 aliphatic heterocycles. The van der Waals surface area contributed by atoms with Crippen molar-refractivity contribution in [1.82, 2.24) is 15.2 Å². The van der Waals surface area contributed by atoms with Crippen molar-refractivity contribution in [2.75, 3.05) is 20.2 Å². The van der Waals surface area contributed by atoms with Crippen LogP contribution < -0.4 is 26.0 Å². The van der Waals surface area contributed by atoms with E-state index in [2.05, 4.69) is 111 Å². The molecule has 4 unspecified atom stereocenters. The highest BCUT2D eigenvalue weighted by molar-refractivity contribution is 7.80. The maximum absolute atomic E-state index is 15.0. The van der Waals surface area contributed by atoms with E-state index in [1.807, 2.05) is 30.5 Å². The normalized spacial score (nSPS) is 20.7. The monoisotopic (exact) mass is 667 g/mol. The fourth-order valence-corrected chi connectivity index (χ4v) is 11.5. The predicted molar refractivity (Wildman–Crippen MR) is 204 cm³/mol. The van der Waals surface area contributed by atoms with Gasteiger partial charge in [-0.1, -0.05) is 60.7 Å². The molecule has 5 atom stereocenters. The Kier molecular flexibility index (Phi) is 9.42. The van der Waals surface area contributed by atoms with Gasteiger partial charge in [0, 0.05) is 29.7 Å². The van der Waals surface area contributed by atoms with E-state index < -0.39 is 7.92 Å². The lowest BCUT2D eigenvalue weighted by molar-refractivity contribution is 0.00171. The zero-order valence-electron chi connectivity index (χ0n) is 29.2. The largest absolute Gasteiger partial charge is 0.497 e. The van der Waals surface area contributed by atoms with Crippen molar-refractivity contribution in [3.8, 4) is 5.75 Å². The van der Waals surface area contributed by atoms with Gasteiger partial charge in [0.2, 0.25) is 0 Å². The van der Waals surface area contributed by atoms with Crippen molar-refractivity contribution in [3.63, 3.8) is 0 Å². The molecule has 250 valence electrons. The molecule has 2 bridgehead atoms. The summed E-state index contributed by atoms with van der Waals surface area (Å²) in [5.41, 5.74) is 7.72.